The number of carboxylic acid groups (broad SMARTS) is 1. The number of amides is 4. The zero-order valence-electron chi connectivity index (χ0n) is 11.8. The van der Waals surface area contributed by atoms with Gasteiger partial charge in [-0.05, 0) is 20.8 Å². The van der Waals surface area contributed by atoms with Gasteiger partial charge in [0.25, 0.3) is 0 Å². The standard InChI is InChI=1S/C12H19N3O5/c1-4-14(7(2)5-10(17)18)12(20)15-6-9(16)13-11(19)8(15)3/h7-8H,4-6H2,1-3H3,(H,17,18)(H,13,16,19). The molecule has 2 N–H and O–H groups in total. The van der Waals surface area contributed by atoms with Gasteiger partial charge in [-0.25, -0.2) is 4.79 Å². The topological polar surface area (TPSA) is 107 Å². The number of carboxylic acids is 1. The lowest BCUT2D eigenvalue weighted by atomic mass is 10.2. The first-order valence-electron chi connectivity index (χ1n) is 6.40. The van der Waals surface area contributed by atoms with Gasteiger partial charge in [-0.3, -0.25) is 19.7 Å². The smallest absolute Gasteiger partial charge is 0.321 e. The largest absolute Gasteiger partial charge is 0.481 e. The van der Waals surface area contributed by atoms with Crippen LogP contribution in [-0.2, 0) is 14.4 Å². The van der Waals surface area contributed by atoms with E-state index in [4.69, 9.17) is 5.11 Å². The Bertz CT molecular complexity index is 437. The summed E-state index contributed by atoms with van der Waals surface area (Å²) in [5.74, 6) is -2.08. The van der Waals surface area contributed by atoms with Crippen LogP contribution in [0.2, 0.25) is 0 Å². The van der Waals surface area contributed by atoms with Crippen molar-refractivity contribution in [2.75, 3.05) is 13.1 Å². The summed E-state index contributed by atoms with van der Waals surface area (Å²) in [5, 5.41) is 10.9. The van der Waals surface area contributed by atoms with Crippen LogP contribution in [0, 0.1) is 0 Å². The molecule has 0 spiro atoms. The molecule has 0 radical (unpaired) electrons. The predicted octanol–water partition coefficient (Wildman–Crippen LogP) is -0.362. The fourth-order valence-corrected chi connectivity index (χ4v) is 2.11. The van der Waals surface area contributed by atoms with E-state index in [1.54, 1.807) is 13.8 Å². The van der Waals surface area contributed by atoms with E-state index in [1.165, 1.54) is 11.8 Å². The molecule has 0 saturated carbocycles. The third-order valence-corrected chi connectivity index (χ3v) is 3.26. The van der Waals surface area contributed by atoms with Gasteiger partial charge in [-0.2, -0.15) is 0 Å². The second-order valence-corrected chi connectivity index (χ2v) is 4.73. The van der Waals surface area contributed by atoms with Crippen LogP contribution < -0.4 is 5.32 Å². The molecule has 0 aromatic heterocycles. The first kappa shape index (κ1) is 15.9. The molecule has 0 aromatic carbocycles. The van der Waals surface area contributed by atoms with Crippen molar-refractivity contribution in [3.8, 4) is 0 Å². The molecule has 0 bridgehead atoms. The molecule has 20 heavy (non-hydrogen) atoms. The third kappa shape index (κ3) is 3.46. The van der Waals surface area contributed by atoms with Crippen LogP contribution >= 0.6 is 0 Å². The molecule has 1 rings (SSSR count). The molecular formula is C12H19N3O5. The number of carbonyl (C=O) groups excluding carboxylic acids is 3. The van der Waals surface area contributed by atoms with Crippen LogP contribution in [0.25, 0.3) is 0 Å². The second kappa shape index (κ2) is 6.36. The minimum Gasteiger partial charge on any atom is -0.481 e. The highest BCUT2D eigenvalue weighted by Crippen LogP contribution is 2.13. The monoisotopic (exact) mass is 285 g/mol. The minimum atomic E-state index is -1.01. The van der Waals surface area contributed by atoms with Gasteiger partial charge >= 0.3 is 12.0 Å². The SMILES string of the molecule is CCN(C(=O)N1CC(=O)NC(=O)C1C)C(C)CC(=O)O. The molecule has 112 valence electrons. The Hall–Kier alpha value is -2.12. The molecule has 8 heteroatoms. The van der Waals surface area contributed by atoms with Crippen LogP contribution in [-0.4, -0.2) is 63.9 Å². The van der Waals surface area contributed by atoms with Crippen molar-refractivity contribution >= 4 is 23.8 Å². The number of hydrogen-bond donors (Lipinski definition) is 2. The predicted molar refractivity (Wildman–Crippen MR) is 68.8 cm³/mol. The summed E-state index contributed by atoms with van der Waals surface area (Å²) < 4.78 is 0. The Morgan fingerprint density at radius 3 is 2.60 bits per heavy atom. The summed E-state index contributed by atoms with van der Waals surface area (Å²) in [5.41, 5.74) is 0. The summed E-state index contributed by atoms with van der Waals surface area (Å²) in [6.45, 7) is 4.95. The molecule has 2 unspecified atom stereocenters. The van der Waals surface area contributed by atoms with Crippen molar-refractivity contribution < 1.29 is 24.3 Å². The summed E-state index contributed by atoms with van der Waals surface area (Å²) in [7, 11) is 0. The molecule has 1 aliphatic rings. The Kier molecular flexibility index (Phi) is 5.06. The quantitative estimate of drug-likeness (QED) is 0.686. The fourth-order valence-electron chi connectivity index (χ4n) is 2.11. The average molecular weight is 285 g/mol. The lowest BCUT2D eigenvalue weighted by Gasteiger charge is -2.37. The van der Waals surface area contributed by atoms with Crippen molar-refractivity contribution in [3.63, 3.8) is 0 Å². The molecule has 1 aliphatic heterocycles. The van der Waals surface area contributed by atoms with Gasteiger partial charge in [0, 0.05) is 12.6 Å². The zero-order valence-corrected chi connectivity index (χ0v) is 11.8. The number of rotatable bonds is 4. The van der Waals surface area contributed by atoms with Crippen molar-refractivity contribution in [1.29, 1.82) is 0 Å². The third-order valence-electron chi connectivity index (χ3n) is 3.26. The second-order valence-electron chi connectivity index (χ2n) is 4.73. The van der Waals surface area contributed by atoms with Crippen LogP contribution in [0.5, 0.6) is 0 Å². The van der Waals surface area contributed by atoms with Crippen molar-refractivity contribution in [2.45, 2.75) is 39.3 Å². The molecule has 8 nitrogen and oxygen atoms in total. The van der Waals surface area contributed by atoms with Gasteiger partial charge in [0.1, 0.15) is 12.6 Å². The molecule has 0 aromatic rings. The Morgan fingerprint density at radius 1 is 1.50 bits per heavy atom. The number of imide groups is 1. The normalized spacial score (nSPS) is 20.4. The average Bonchev–Trinajstić information content (AvgIpc) is 2.33. The Morgan fingerprint density at radius 2 is 2.10 bits per heavy atom. The molecule has 1 fully saturated rings. The Balaban J connectivity index is 2.86. The van der Waals surface area contributed by atoms with Gasteiger partial charge in [0.05, 0.1) is 6.42 Å². The maximum atomic E-state index is 12.4. The van der Waals surface area contributed by atoms with E-state index in [1.807, 2.05) is 0 Å². The van der Waals surface area contributed by atoms with Gasteiger partial charge < -0.3 is 14.9 Å². The van der Waals surface area contributed by atoms with E-state index in [0.717, 1.165) is 4.90 Å². The summed E-state index contributed by atoms with van der Waals surface area (Å²) in [6, 6.07) is -1.78. The number of aliphatic carboxylic acids is 1. The molecule has 4 amide bonds. The number of carbonyl (C=O) groups is 4. The summed E-state index contributed by atoms with van der Waals surface area (Å²) in [6.07, 6.45) is -0.193. The van der Waals surface area contributed by atoms with Gasteiger partial charge in [-0.15, -0.1) is 0 Å². The van der Waals surface area contributed by atoms with Crippen LogP contribution in [0.3, 0.4) is 0 Å². The van der Waals surface area contributed by atoms with Gasteiger partial charge in [0.15, 0.2) is 0 Å². The van der Waals surface area contributed by atoms with Crippen molar-refractivity contribution in [3.05, 3.63) is 0 Å². The maximum Gasteiger partial charge on any atom is 0.321 e. The van der Waals surface area contributed by atoms with E-state index in [9.17, 15) is 19.2 Å². The molecule has 1 saturated heterocycles. The van der Waals surface area contributed by atoms with E-state index < -0.39 is 35.9 Å². The van der Waals surface area contributed by atoms with E-state index >= 15 is 0 Å². The van der Waals surface area contributed by atoms with Crippen LogP contribution in [0.1, 0.15) is 27.2 Å². The highest BCUT2D eigenvalue weighted by molar-refractivity contribution is 6.03. The molecule has 2 atom stereocenters. The fraction of sp³-hybridized carbons (Fsp3) is 0.667. The van der Waals surface area contributed by atoms with E-state index in [2.05, 4.69) is 5.32 Å². The van der Waals surface area contributed by atoms with Crippen LogP contribution in [0.15, 0.2) is 0 Å². The number of piperazine rings is 1. The van der Waals surface area contributed by atoms with Gasteiger partial charge in [-0.1, -0.05) is 0 Å². The summed E-state index contributed by atoms with van der Waals surface area (Å²) in [4.78, 5) is 48.5. The molecule has 0 aliphatic carbocycles. The first-order valence-corrected chi connectivity index (χ1v) is 6.40. The van der Waals surface area contributed by atoms with E-state index in [-0.39, 0.29) is 13.0 Å². The molecular weight excluding hydrogens is 266 g/mol. The number of nitrogens with zero attached hydrogens (tertiary/aromatic N) is 2. The maximum absolute atomic E-state index is 12.4. The zero-order chi connectivity index (χ0) is 15.4. The van der Waals surface area contributed by atoms with Crippen molar-refractivity contribution in [1.82, 2.24) is 15.1 Å². The highest BCUT2D eigenvalue weighted by atomic mass is 16.4. The number of nitrogens with one attached hydrogen (secondary N) is 1. The lowest BCUT2D eigenvalue weighted by molar-refractivity contribution is -0.140. The number of urea groups is 1. The van der Waals surface area contributed by atoms with Gasteiger partial charge in [0.2, 0.25) is 11.8 Å². The molecule has 1 heterocycles. The highest BCUT2D eigenvalue weighted by Gasteiger charge is 2.36. The Labute approximate surface area is 116 Å². The van der Waals surface area contributed by atoms with E-state index in [0.29, 0.717) is 6.54 Å². The first-order chi connectivity index (χ1) is 9.27. The minimum absolute atomic E-state index is 0.193. The van der Waals surface area contributed by atoms with Crippen molar-refractivity contribution in [2.24, 2.45) is 0 Å². The van der Waals surface area contributed by atoms with Crippen LogP contribution in [0.4, 0.5) is 4.79 Å². The summed E-state index contributed by atoms with van der Waals surface area (Å²) >= 11 is 0. The lowest BCUT2D eigenvalue weighted by Crippen LogP contribution is -2.62. The number of hydrogen-bond acceptors (Lipinski definition) is 4.